The van der Waals surface area contributed by atoms with Gasteiger partial charge in [0.25, 0.3) is 0 Å². The van der Waals surface area contributed by atoms with E-state index < -0.39 is 5.41 Å². The Morgan fingerprint density at radius 1 is 0.286 bits per heavy atom. The fourth-order valence-electron chi connectivity index (χ4n) is 12.4. The lowest BCUT2D eigenvalue weighted by atomic mass is 9.65. The summed E-state index contributed by atoms with van der Waals surface area (Å²) in [5, 5.41) is 5.12. The van der Waals surface area contributed by atoms with Gasteiger partial charge in [0.05, 0.1) is 33.2 Å². The smallest absolute Gasteiger partial charge is 0.0754 e. The molecule has 0 saturated heterocycles. The zero-order valence-corrected chi connectivity index (χ0v) is 38.2. The number of rotatable bonds is 6. The highest BCUT2D eigenvalue weighted by Gasteiger charge is 2.50. The van der Waals surface area contributed by atoms with Gasteiger partial charge in [0.2, 0.25) is 0 Å². The van der Waals surface area contributed by atoms with Crippen LogP contribution in [0.25, 0.3) is 88.4 Å². The first-order valence-corrected chi connectivity index (χ1v) is 24.3. The van der Waals surface area contributed by atoms with E-state index in [0.717, 1.165) is 28.3 Å². The Balaban J connectivity index is 0.841. The van der Waals surface area contributed by atoms with E-state index in [4.69, 9.17) is 0 Å². The van der Waals surface area contributed by atoms with E-state index in [1.54, 1.807) is 0 Å². The van der Waals surface area contributed by atoms with Gasteiger partial charge >= 0.3 is 0 Å². The molecule has 0 N–H and O–H groups in total. The molecule has 0 bridgehead atoms. The highest BCUT2D eigenvalue weighted by atomic mass is 15.1. The van der Waals surface area contributed by atoms with Crippen LogP contribution in [-0.2, 0) is 5.41 Å². The SMILES string of the molecule is c1ccc(N(c2cccc(-c3ccc(-n4c5ccccc5c5ccccc54)cc3)c2)c2cccc(-c3ccc4c(c3)-c3ccccc3C43c4ccccc4-n4c5ccccc5c5cccc3c54)c2)cc1. The van der Waals surface area contributed by atoms with Gasteiger partial charge in [-0.1, -0.05) is 182 Å². The van der Waals surface area contributed by atoms with Crippen molar-refractivity contribution in [1.29, 1.82) is 0 Å². The van der Waals surface area contributed by atoms with Crippen LogP contribution in [0.3, 0.4) is 0 Å². The number of aromatic nitrogens is 2. The van der Waals surface area contributed by atoms with Gasteiger partial charge in [-0.15, -0.1) is 0 Å². The standard InChI is InChI=1S/C67H43N3/c1-2-19-48(20-3-1)68(50-21-14-17-45(41-50)44-35-38-49(39-36-44)69-62-31-10-5-24-53(62)54-25-6-11-32-63(54)69)51-22-15-18-46(42-51)47-37-40-59-57(43-47)52-23-4-8-28-58(52)67(59)60-29-9-13-34-65(60)70-64-33-12-7-26-55(64)56-27-16-30-61(67)66(56)70/h1-43H. The van der Waals surface area contributed by atoms with Crippen molar-refractivity contribution in [2.75, 3.05) is 4.90 Å². The Morgan fingerprint density at radius 3 is 1.49 bits per heavy atom. The fourth-order valence-corrected chi connectivity index (χ4v) is 12.4. The van der Waals surface area contributed by atoms with E-state index in [1.807, 2.05) is 0 Å². The highest BCUT2D eigenvalue weighted by Crippen LogP contribution is 2.61. The van der Waals surface area contributed by atoms with Crippen molar-refractivity contribution in [1.82, 2.24) is 9.13 Å². The number of nitrogens with zero attached hydrogens (tertiary/aromatic N) is 3. The largest absolute Gasteiger partial charge is 0.310 e. The van der Waals surface area contributed by atoms with Gasteiger partial charge in [-0.2, -0.15) is 0 Å². The van der Waals surface area contributed by atoms with Crippen LogP contribution in [0.5, 0.6) is 0 Å². The molecule has 15 rings (SSSR count). The summed E-state index contributed by atoms with van der Waals surface area (Å²) in [7, 11) is 0. The number of anilines is 3. The van der Waals surface area contributed by atoms with Crippen molar-refractivity contribution in [2.45, 2.75) is 5.41 Å². The van der Waals surface area contributed by atoms with E-state index in [2.05, 4.69) is 275 Å². The Morgan fingerprint density at radius 2 is 0.771 bits per heavy atom. The molecule has 0 radical (unpaired) electrons. The summed E-state index contributed by atoms with van der Waals surface area (Å²) >= 11 is 0. The molecule has 326 valence electrons. The van der Waals surface area contributed by atoms with Crippen molar-refractivity contribution in [2.24, 2.45) is 0 Å². The molecule has 13 aromatic rings. The lowest BCUT2D eigenvalue weighted by Gasteiger charge is -2.39. The van der Waals surface area contributed by atoms with E-state index in [9.17, 15) is 0 Å². The molecule has 3 heterocycles. The van der Waals surface area contributed by atoms with E-state index in [0.29, 0.717) is 0 Å². The lowest BCUT2D eigenvalue weighted by molar-refractivity contribution is 0.748. The quantitative estimate of drug-likeness (QED) is 0.162. The van der Waals surface area contributed by atoms with Gasteiger partial charge in [-0.05, 0) is 134 Å². The molecule has 2 aromatic heterocycles. The molecule has 70 heavy (non-hydrogen) atoms. The molecule has 0 saturated carbocycles. The molecular weight excluding hydrogens is 847 g/mol. The maximum absolute atomic E-state index is 2.51. The first kappa shape index (κ1) is 38.9. The van der Waals surface area contributed by atoms with E-state index in [-0.39, 0.29) is 0 Å². The fraction of sp³-hybridized carbons (Fsp3) is 0.0149. The first-order valence-electron chi connectivity index (χ1n) is 24.3. The van der Waals surface area contributed by atoms with Crippen LogP contribution in [0, 0.1) is 0 Å². The van der Waals surface area contributed by atoms with E-state index in [1.165, 1.54) is 99.4 Å². The Labute approximate surface area is 406 Å². The van der Waals surface area contributed by atoms with Gasteiger partial charge < -0.3 is 14.0 Å². The van der Waals surface area contributed by atoms with Gasteiger partial charge in [0.1, 0.15) is 0 Å². The molecule has 1 aliphatic heterocycles. The second-order valence-electron chi connectivity index (χ2n) is 18.8. The summed E-state index contributed by atoms with van der Waals surface area (Å²) in [6.45, 7) is 0. The highest BCUT2D eigenvalue weighted by molar-refractivity contribution is 6.13. The average Bonchev–Trinajstić information content (AvgIpc) is 4.06. The van der Waals surface area contributed by atoms with Gasteiger partial charge in [-0.3, -0.25) is 0 Å². The van der Waals surface area contributed by atoms with Crippen molar-refractivity contribution >= 4 is 60.7 Å². The summed E-state index contributed by atoms with van der Waals surface area (Å²) in [6.07, 6.45) is 0. The number of fused-ring (bicyclic) bond motifs is 15. The van der Waals surface area contributed by atoms with Crippen LogP contribution in [-0.4, -0.2) is 9.13 Å². The summed E-state index contributed by atoms with van der Waals surface area (Å²) in [5.74, 6) is 0. The summed E-state index contributed by atoms with van der Waals surface area (Å²) in [4.78, 5) is 2.38. The zero-order valence-electron chi connectivity index (χ0n) is 38.2. The minimum atomic E-state index is -0.479. The van der Waals surface area contributed by atoms with Crippen molar-refractivity contribution < 1.29 is 0 Å². The summed E-state index contributed by atoms with van der Waals surface area (Å²) < 4.78 is 4.89. The molecule has 1 spiro atoms. The van der Waals surface area contributed by atoms with Crippen molar-refractivity contribution in [3.8, 4) is 44.8 Å². The predicted molar refractivity (Wildman–Crippen MR) is 292 cm³/mol. The monoisotopic (exact) mass is 889 g/mol. The van der Waals surface area contributed by atoms with Crippen LogP contribution in [0.1, 0.15) is 22.3 Å². The molecular formula is C67H43N3. The maximum Gasteiger partial charge on any atom is 0.0754 e. The number of hydrogen-bond acceptors (Lipinski definition) is 1. The normalized spacial score (nSPS) is 14.3. The first-order chi connectivity index (χ1) is 34.7. The summed E-state index contributed by atoms with van der Waals surface area (Å²) in [6, 6.07) is 96.4. The van der Waals surface area contributed by atoms with Crippen LogP contribution in [0.4, 0.5) is 17.1 Å². The molecule has 3 nitrogen and oxygen atoms in total. The number of para-hydroxylation sites is 6. The molecule has 2 aliphatic rings. The topological polar surface area (TPSA) is 13.1 Å². The van der Waals surface area contributed by atoms with Crippen LogP contribution in [0.15, 0.2) is 261 Å². The van der Waals surface area contributed by atoms with Crippen LogP contribution in [0.2, 0.25) is 0 Å². The van der Waals surface area contributed by atoms with Gasteiger partial charge in [0, 0.05) is 44.3 Å². The zero-order chi connectivity index (χ0) is 45.9. The predicted octanol–water partition coefficient (Wildman–Crippen LogP) is 17.4. The number of benzene rings is 11. The van der Waals surface area contributed by atoms with E-state index >= 15 is 0 Å². The van der Waals surface area contributed by atoms with Crippen molar-refractivity contribution in [3.05, 3.63) is 283 Å². The molecule has 1 unspecified atom stereocenters. The minimum Gasteiger partial charge on any atom is -0.310 e. The minimum absolute atomic E-state index is 0.479. The molecule has 11 aromatic carbocycles. The molecule has 1 aliphatic carbocycles. The second kappa shape index (κ2) is 14.9. The Hall–Kier alpha value is -9.18. The Bertz CT molecular complexity index is 4200. The second-order valence-corrected chi connectivity index (χ2v) is 18.8. The maximum atomic E-state index is 2.51. The summed E-state index contributed by atoms with van der Waals surface area (Å²) in [5.41, 5.74) is 22.8. The third kappa shape index (κ3) is 5.40. The van der Waals surface area contributed by atoms with Gasteiger partial charge in [0.15, 0.2) is 0 Å². The van der Waals surface area contributed by atoms with Crippen LogP contribution < -0.4 is 4.90 Å². The molecule has 3 heteroatoms. The van der Waals surface area contributed by atoms with Gasteiger partial charge in [-0.25, -0.2) is 0 Å². The molecule has 0 fully saturated rings. The average molecular weight is 890 g/mol. The molecule has 1 atom stereocenters. The number of hydrogen-bond donors (Lipinski definition) is 0. The Kier molecular flexibility index (Phi) is 8.28. The third-order valence-corrected chi connectivity index (χ3v) is 15.3. The molecule has 0 amide bonds. The van der Waals surface area contributed by atoms with Crippen molar-refractivity contribution in [3.63, 3.8) is 0 Å². The lowest BCUT2D eigenvalue weighted by Crippen LogP contribution is -2.33. The third-order valence-electron chi connectivity index (χ3n) is 15.3. The van der Waals surface area contributed by atoms with Crippen LogP contribution >= 0.6 is 0 Å².